The van der Waals surface area contributed by atoms with Crippen LogP contribution in [0, 0.1) is 6.92 Å². The van der Waals surface area contributed by atoms with Gasteiger partial charge in [0.05, 0.1) is 6.54 Å². The Balaban J connectivity index is 0.00000121. The molecule has 0 aromatic heterocycles. The maximum atomic E-state index is 5.48. The monoisotopic (exact) mass is 237 g/mol. The van der Waals surface area contributed by atoms with E-state index in [1.807, 2.05) is 45.0 Å². The zero-order valence-corrected chi connectivity index (χ0v) is 11.2. The van der Waals surface area contributed by atoms with Gasteiger partial charge in [0.15, 0.2) is 5.96 Å². The number of ether oxygens (including phenoxy) is 1. The molecule has 1 aromatic carbocycles. The highest BCUT2D eigenvalue weighted by Gasteiger charge is 1.93. The zero-order valence-electron chi connectivity index (χ0n) is 11.2. The number of aliphatic imine (C=N–C) groups is 1. The van der Waals surface area contributed by atoms with Crippen molar-refractivity contribution < 1.29 is 4.74 Å². The van der Waals surface area contributed by atoms with Crippen molar-refractivity contribution in [3.05, 3.63) is 29.8 Å². The van der Waals surface area contributed by atoms with Gasteiger partial charge in [-0.1, -0.05) is 31.5 Å². The Bertz CT molecular complexity index is 320. The van der Waals surface area contributed by atoms with E-state index in [0.717, 1.165) is 5.75 Å². The summed E-state index contributed by atoms with van der Waals surface area (Å²) < 4.78 is 5.48. The Kier molecular flexibility index (Phi) is 8.55. The largest absolute Gasteiger partial charge is 0.492 e. The Morgan fingerprint density at radius 3 is 2.41 bits per heavy atom. The number of nitrogens with zero attached hydrogens (tertiary/aromatic N) is 1. The Morgan fingerprint density at radius 2 is 1.88 bits per heavy atom. The van der Waals surface area contributed by atoms with Crippen molar-refractivity contribution in [2.75, 3.05) is 20.2 Å². The lowest BCUT2D eigenvalue weighted by molar-refractivity contribution is 0.322. The van der Waals surface area contributed by atoms with Gasteiger partial charge in [-0.2, -0.15) is 0 Å². The minimum atomic E-state index is 0.433. The van der Waals surface area contributed by atoms with Crippen molar-refractivity contribution in [3.63, 3.8) is 0 Å². The van der Waals surface area contributed by atoms with Crippen LogP contribution in [0.3, 0.4) is 0 Å². The summed E-state index contributed by atoms with van der Waals surface area (Å²) >= 11 is 0. The summed E-state index contributed by atoms with van der Waals surface area (Å²) in [6.45, 7) is 7.26. The van der Waals surface area contributed by atoms with Gasteiger partial charge in [0.2, 0.25) is 0 Å². The van der Waals surface area contributed by atoms with Crippen LogP contribution in [0.25, 0.3) is 0 Å². The van der Waals surface area contributed by atoms with Crippen molar-refractivity contribution in [3.8, 4) is 5.75 Å². The fourth-order valence-corrected chi connectivity index (χ4v) is 1.06. The lowest BCUT2D eigenvalue weighted by Crippen LogP contribution is -2.34. The maximum Gasteiger partial charge on any atom is 0.188 e. The normalized spacial score (nSPS) is 10.2. The first-order valence-corrected chi connectivity index (χ1v) is 5.88. The smallest absolute Gasteiger partial charge is 0.188 e. The van der Waals surface area contributed by atoms with Gasteiger partial charge in [-0.25, -0.2) is 0 Å². The molecule has 1 aromatic rings. The van der Waals surface area contributed by atoms with Gasteiger partial charge in [-0.3, -0.25) is 4.99 Å². The van der Waals surface area contributed by atoms with Crippen LogP contribution < -0.4 is 15.8 Å². The highest BCUT2D eigenvalue weighted by molar-refractivity contribution is 5.77. The third-order valence-electron chi connectivity index (χ3n) is 1.94. The second-order valence-electron chi connectivity index (χ2n) is 3.20. The topological polar surface area (TPSA) is 59.6 Å². The van der Waals surface area contributed by atoms with Crippen LogP contribution in [0.15, 0.2) is 29.3 Å². The average Bonchev–Trinajstić information content (AvgIpc) is 2.39. The molecule has 17 heavy (non-hydrogen) atoms. The molecule has 0 atom stereocenters. The lowest BCUT2D eigenvalue weighted by Gasteiger charge is -2.07. The predicted molar refractivity (Wildman–Crippen MR) is 73.6 cm³/mol. The summed E-state index contributed by atoms with van der Waals surface area (Å²) in [7, 11) is 1.64. The Morgan fingerprint density at radius 1 is 1.29 bits per heavy atom. The van der Waals surface area contributed by atoms with Gasteiger partial charge >= 0.3 is 0 Å². The summed E-state index contributed by atoms with van der Waals surface area (Å²) in [5, 5.41) is 2.92. The van der Waals surface area contributed by atoms with E-state index in [9.17, 15) is 0 Å². The number of nitrogens with one attached hydrogen (secondary N) is 1. The van der Waals surface area contributed by atoms with E-state index in [4.69, 9.17) is 10.5 Å². The molecule has 0 saturated carbocycles. The second kappa shape index (κ2) is 9.51. The van der Waals surface area contributed by atoms with Crippen molar-refractivity contribution in [2.45, 2.75) is 20.8 Å². The molecule has 0 bridgehead atoms. The zero-order chi connectivity index (χ0) is 13.1. The van der Waals surface area contributed by atoms with Gasteiger partial charge in [-0.05, 0) is 19.1 Å². The van der Waals surface area contributed by atoms with E-state index in [1.165, 1.54) is 5.56 Å². The summed E-state index contributed by atoms with van der Waals surface area (Å²) in [6.07, 6.45) is 0. The van der Waals surface area contributed by atoms with Crippen molar-refractivity contribution in [1.29, 1.82) is 0 Å². The van der Waals surface area contributed by atoms with Crippen molar-refractivity contribution in [1.82, 2.24) is 5.32 Å². The van der Waals surface area contributed by atoms with Crippen LogP contribution in [-0.2, 0) is 0 Å². The lowest BCUT2D eigenvalue weighted by atomic mass is 10.2. The number of guanidine groups is 1. The predicted octanol–water partition coefficient (Wildman–Crippen LogP) is 1.93. The molecule has 0 heterocycles. The number of nitrogens with two attached hydrogens (primary N) is 1. The molecule has 4 heteroatoms. The highest BCUT2D eigenvalue weighted by atomic mass is 16.5. The van der Waals surface area contributed by atoms with E-state index in [0.29, 0.717) is 19.1 Å². The molecule has 0 fully saturated rings. The van der Waals surface area contributed by atoms with Crippen LogP contribution in [0.5, 0.6) is 5.75 Å². The summed E-state index contributed by atoms with van der Waals surface area (Å²) in [5.74, 6) is 1.30. The molecule has 0 saturated heterocycles. The highest BCUT2D eigenvalue weighted by Crippen LogP contribution is 2.10. The van der Waals surface area contributed by atoms with E-state index < -0.39 is 0 Å². The molecule has 0 aliphatic heterocycles. The molecule has 3 N–H and O–H groups in total. The quantitative estimate of drug-likeness (QED) is 0.478. The fourth-order valence-electron chi connectivity index (χ4n) is 1.06. The molecule has 0 aliphatic rings. The standard InChI is InChI=1S/C11H17N3O.C2H6/c1-9-3-5-10(6-4-9)15-8-7-14-11(12)13-2;1-2/h3-6H,7-8H2,1-2H3,(H3,12,13,14);1-2H3. The molecule has 0 radical (unpaired) electrons. The number of rotatable bonds is 4. The third kappa shape index (κ3) is 7.22. The molecular weight excluding hydrogens is 214 g/mol. The molecule has 4 nitrogen and oxygen atoms in total. The van der Waals surface area contributed by atoms with E-state index >= 15 is 0 Å². The van der Waals surface area contributed by atoms with E-state index in [1.54, 1.807) is 7.05 Å². The molecule has 0 spiro atoms. The SMILES string of the molecule is CC.CN=C(N)NCCOc1ccc(C)cc1. The molecule has 1 rings (SSSR count). The molecule has 0 aliphatic carbocycles. The maximum absolute atomic E-state index is 5.48. The average molecular weight is 237 g/mol. The van der Waals surface area contributed by atoms with Gasteiger partial charge in [0.1, 0.15) is 12.4 Å². The van der Waals surface area contributed by atoms with Gasteiger partial charge in [-0.15, -0.1) is 0 Å². The Hall–Kier alpha value is -1.71. The van der Waals surface area contributed by atoms with Crippen molar-refractivity contribution in [2.24, 2.45) is 10.7 Å². The van der Waals surface area contributed by atoms with Crippen LogP contribution in [0.1, 0.15) is 19.4 Å². The first-order chi connectivity index (χ1) is 8.22. The molecule has 96 valence electrons. The number of benzene rings is 1. The second-order valence-corrected chi connectivity index (χ2v) is 3.20. The Labute approximate surface area is 104 Å². The van der Waals surface area contributed by atoms with Crippen molar-refractivity contribution >= 4 is 5.96 Å². The molecule has 0 unspecified atom stereocenters. The molecular formula is C13H23N3O. The van der Waals surface area contributed by atoms with Gasteiger partial charge in [0.25, 0.3) is 0 Å². The third-order valence-corrected chi connectivity index (χ3v) is 1.94. The summed E-state index contributed by atoms with van der Waals surface area (Å²) in [6, 6.07) is 7.94. The van der Waals surface area contributed by atoms with Crippen LogP contribution in [0.2, 0.25) is 0 Å². The minimum absolute atomic E-state index is 0.433. The van der Waals surface area contributed by atoms with E-state index in [-0.39, 0.29) is 0 Å². The minimum Gasteiger partial charge on any atom is -0.492 e. The fraction of sp³-hybridized carbons (Fsp3) is 0.462. The summed E-state index contributed by atoms with van der Waals surface area (Å²) in [4.78, 5) is 3.77. The first kappa shape index (κ1) is 15.3. The molecule has 0 amide bonds. The first-order valence-electron chi connectivity index (χ1n) is 5.88. The van der Waals surface area contributed by atoms with E-state index in [2.05, 4.69) is 10.3 Å². The number of hydrogen-bond acceptors (Lipinski definition) is 2. The van der Waals surface area contributed by atoms with Gasteiger partial charge < -0.3 is 15.8 Å². The summed E-state index contributed by atoms with van der Waals surface area (Å²) in [5.41, 5.74) is 6.68. The van der Waals surface area contributed by atoms with Crippen LogP contribution >= 0.6 is 0 Å². The van der Waals surface area contributed by atoms with Crippen LogP contribution in [0.4, 0.5) is 0 Å². The number of aryl methyl sites for hydroxylation is 1. The van der Waals surface area contributed by atoms with Crippen LogP contribution in [-0.4, -0.2) is 26.2 Å². The number of hydrogen-bond donors (Lipinski definition) is 2. The van der Waals surface area contributed by atoms with Gasteiger partial charge in [0, 0.05) is 7.05 Å².